The largest absolute Gasteiger partial charge is 0.465 e. The normalized spacial score (nSPS) is 12.9. The highest BCUT2D eigenvalue weighted by molar-refractivity contribution is 5.75. The molecule has 0 aromatic heterocycles. The van der Waals surface area contributed by atoms with Crippen molar-refractivity contribution >= 4 is 5.97 Å². The van der Waals surface area contributed by atoms with Gasteiger partial charge in [-0.15, -0.1) is 0 Å². The van der Waals surface area contributed by atoms with Gasteiger partial charge in [0.05, 0.1) is 12.0 Å². The summed E-state index contributed by atoms with van der Waals surface area (Å²) in [7, 11) is 0. The molecule has 0 amide bonds. The van der Waals surface area contributed by atoms with Gasteiger partial charge in [-0.2, -0.15) is 0 Å². The molecule has 0 saturated heterocycles. The average Bonchev–Trinajstić information content (AvgIpc) is 2.12. The molecule has 3 nitrogen and oxygen atoms in total. The zero-order chi connectivity index (χ0) is 13.7. The highest BCUT2D eigenvalue weighted by Crippen LogP contribution is 2.28. The molecule has 102 valence electrons. The molecule has 0 saturated carbocycles. The Balaban J connectivity index is 4.26. The lowest BCUT2D eigenvalue weighted by atomic mass is 9.84. The Kier molecular flexibility index (Phi) is 6.17. The number of ether oxygens (including phenoxy) is 1. The monoisotopic (exact) mass is 243 g/mol. The second kappa shape index (κ2) is 6.39. The van der Waals surface area contributed by atoms with E-state index in [9.17, 15) is 4.79 Å². The van der Waals surface area contributed by atoms with E-state index in [2.05, 4.69) is 27.7 Å². The van der Waals surface area contributed by atoms with Crippen LogP contribution < -0.4 is 5.73 Å². The molecule has 3 heteroatoms. The van der Waals surface area contributed by atoms with Crippen LogP contribution >= 0.6 is 0 Å². The second-order valence-electron chi connectivity index (χ2n) is 6.76. The maximum Gasteiger partial charge on any atom is 0.311 e. The Hall–Kier alpha value is -0.570. The molecule has 0 heterocycles. The maximum atomic E-state index is 12.0. The van der Waals surface area contributed by atoms with Crippen LogP contribution in [-0.4, -0.2) is 19.1 Å². The maximum absolute atomic E-state index is 12.0. The highest BCUT2D eigenvalue weighted by Gasteiger charge is 2.31. The van der Waals surface area contributed by atoms with Crippen molar-refractivity contribution in [1.29, 1.82) is 0 Å². The molecule has 0 aliphatic heterocycles. The molecule has 0 unspecified atom stereocenters. The van der Waals surface area contributed by atoms with Crippen molar-refractivity contribution in [2.24, 2.45) is 22.5 Å². The van der Waals surface area contributed by atoms with Crippen LogP contribution in [0.15, 0.2) is 0 Å². The fraction of sp³-hybridized carbons (Fsp3) is 0.929. The number of carbonyl (C=O) groups excluding carboxylic acids is 1. The Bertz CT molecular complexity index is 245. The fourth-order valence-electron chi connectivity index (χ4n) is 2.02. The first-order valence-corrected chi connectivity index (χ1v) is 6.48. The fourth-order valence-corrected chi connectivity index (χ4v) is 2.02. The lowest BCUT2D eigenvalue weighted by Crippen LogP contribution is -2.32. The number of hydrogen-bond acceptors (Lipinski definition) is 3. The number of hydrogen-bond donors (Lipinski definition) is 1. The van der Waals surface area contributed by atoms with E-state index in [0.717, 1.165) is 12.8 Å². The van der Waals surface area contributed by atoms with Crippen molar-refractivity contribution in [2.45, 2.75) is 54.4 Å². The lowest BCUT2D eigenvalue weighted by Gasteiger charge is -2.28. The molecule has 0 bridgehead atoms. The summed E-state index contributed by atoms with van der Waals surface area (Å²) in [5.74, 6) is 0.394. The van der Waals surface area contributed by atoms with E-state index in [0.29, 0.717) is 19.1 Å². The van der Waals surface area contributed by atoms with Crippen LogP contribution in [0.3, 0.4) is 0 Å². The predicted molar refractivity (Wildman–Crippen MR) is 71.6 cm³/mol. The van der Waals surface area contributed by atoms with Gasteiger partial charge in [0.15, 0.2) is 0 Å². The average molecular weight is 243 g/mol. The Labute approximate surface area is 106 Å². The number of nitrogens with two attached hydrogens (primary N) is 1. The summed E-state index contributed by atoms with van der Waals surface area (Å²) in [4.78, 5) is 12.0. The van der Waals surface area contributed by atoms with E-state index in [1.54, 1.807) is 0 Å². The number of rotatable bonds is 7. The van der Waals surface area contributed by atoms with Crippen LogP contribution in [0.5, 0.6) is 0 Å². The molecule has 0 aliphatic rings. The van der Waals surface area contributed by atoms with Crippen molar-refractivity contribution in [2.75, 3.05) is 13.2 Å². The van der Waals surface area contributed by atoms with Gasteiger partial charge in [0.25, 0.3) is 0 Å². The van der Waals surface area contributed by atoms with Gasteiger partial charge in [-0.3, -0.25) is 4.79 Å². The first kappa shape index (κ1) is 16.4. The summed E-state index contributed by atoms with van der Waals surface area (Å²) in [6.45, 7) is 13.4. The van der Waals surface area contributed by atoms with Gasteiger partial charge < -0.3 is 10.5 Å². The SMILES string of the molecule is CC(C)CC(C)(C)C(=O)OCC(C)(C)CCN. The zero-order valence-corrected chi connectivity index (χ0v) is 12.3. The molecule has 0 spiro atoms. The van der Waals surface area contributed by atoms with Gasteiger partial charge >= 0.3 is 5.97 Å². The third-order valence-electron chi connectivity index (χ3n) is 2.89. The van der Waals surface area contributed by atoms with Crippen LogP contribution in [0.2, 0.25) is 0 Å². The van der Waals surface area contributed by atoms with Crippen molar-refractivity contribution in [3.63, 3.8) is 0 Å². The van der Waals surface area contributed by atoms with E-state index in [1.807, 2.05) is 13.8 Å². The number of carbonyl (C=O) groups is 1. The van der Waals surface area contributed by atoms with Gasteiger partial charge in [-0.05, 0) is 39.2 Å². The van der Waals surface area contributed by atoms with Crippen LogP contribution in [0.4, 0.5) is 0 Å². The summed E-state index contributed by atoms with van der Waals surface area (Å²) in [6.07, 6.45) is 1.72. The third kappa shape index (κ3) is 6.67. The topological polar surface area (TPSA) is 52.3 Å². The first-order chi connectivity index (χ1) is 7.60. The third-order valence-corrected chi connectivity index (χ3v) is 2.89. The molecular weight excluding hydrogens is 214 g/mol. The minimum absolute atomic E-state index is 0.0294. The van der Waals surface area contributed by atoms with Crippen molar-refractivity contribution in [3.8, 4) is 0 Å². The van der Waals surface area contributed by atoms with E-state index >= 15 is 0 Å². The van der Waals surface area contributed by atoms with Crippen LogP contribution in [0.25, 0.3) is 0 Å². The van der Waals surface area contributed by atoms with E-state index < -0.39 is 5.41 Å². The van der Waals surface area contributed by atoms with Crippen molar-refractivity contribution in [1.82, 2.24) is 0 Å². The lowest BCUT2D eigenvalue weighted by molar-refractivity contribution is -0.158. The molecule has 2 N–H and O–H groups in total. The van der Waals surface area contributed by atoms with E-state index in [4.69, 9.17) is 10.5 Å². The molecule has 0 fully saturated rings. The summed E-state index contributed by atoms with van der Waals surface area (Å²) in [5, 5.41) is 0. The highest BCUT2D eigenvalue weighted by atomic mass is 16.5. The van der Waals surface area contributed by atoms with Gasteiger partial charge in [-0.1, -0.05) is 27.7 Å². The first-order valence-electron chi connectivity index (χ1n) is 6.48. The summed E-state index contributed by atoms with van der Waals surface area (Å²) in [6, 6.07) is 0. The molecule has 0 aromatic rings. The Morgan fingerprint density at radius 1 is 1.24 bits per heavy atom. The van der Waals surface area contributed by atoms with Gasteiger partial charge in [0.1, 0.15) is 0 Å². The molecule has 17 heavy (non-hydrogen) atoms. The molecule has 0 aliphatic carbocycles. The molecular formula is C14H29NO2. The quantitative estimate of drug-likeness (QED) is 0.699. The van der Waals surface area contributed by atoms with Crippen LogP contribution in [-0.2, 0) is 9.53 Å². The van der Waals surface area contributed by atoms with Gasteiger partial charge in [-0.25, -0.2) is 0 Å². The van der Waals surface area contributed by atoms with Crippen LogP contribution in [0.1, 0.15) is 54.4 Å². The van der Waals surface area contributed by atoms with E-state index in [-0.39, 0.29) is 11.4 Å². The second-order valence-corrected chi connectivity index (χ2v) is 6.76. The van der Waals surface area contributed by atoms with Gasteiger partial charge in [0, 0.05) is 5.41 Å². The molecule has 0 rings (SSSR count). The smallest absolute Gasteiger partial charge is 0.311 e. The standard InChI is InChI=1S/C14H29NO2/c1-11(2)9-14(5,6)12(16)17-10-13(3,4)7-8-15/h11H,7-10,15H2,1-6H3. The molecule has 0 aromatic carbocycles. The van der Waals surface area contributed by atoms with Crippen LogP contribution in [0, 0.1) is 16.7 Å². The molecule has 0 atom stereocenters. The van der Waals surface area contributed by atoms with Crippen molar-refractivity contribution < 1.29 is 9.53 Å². The Morgan fingerprint density at radius 3 is 2.18 bits per heavy atom. The Morgan fingerprint density at radius 2 is 1.76 bits per heavy atom. The minimum atomic E-state index is -0.396. The molecule has 0 radical (unpaired) electrons. The van der Waals surface area contributed by atoms with Crippen molar-refractivity contribution in [3.05, 3.63) is 0 Å². The predicted octanol–water partition coefficient (Wildman–Crippen LogP) is 2.98. The number of esters is 1. The van der Waals surface area contributed by atoms with E-state index in [1.165, 1.54) is 0 Å². The summed E-state index contributed by atoms with van der Waals surface area (Å²) >= 11 is 0. The minimum Gasteiger partial charge on any atom is -0.465 e. The summed E-state index contributed by atoms with van der Waals surface area (Å²) in [5.41, 5.74) is 5.11. The zero-order valence-electron chi connectivity index (χ0n) is 12.3. The van der Waals surface area contributed by atoms with Gasteiger partial charge in [0.2, 0.25) is 0 Å². The summed E-state index contributed by atoms with van der Waals surface area (Å²) < 4.78 is 5.43.